The summed E-state index contributed by atoms with van der Waals surface area (Å²) >= 11 is 0. The maximum atomic E-state index is 12.0. The summed E-state index contributed by atoms with van der Waals surface area (Å²) < 4.78 is 9.87. The zero-order valence-corrected chi connectivity index (χ0v) is 14.5. The molecule has 0 aliphatic rings. The van der Waals surface area contributed by atoms with E-state index in [0.29, 0.717) is 11.3 Å². The summed E-state index contributed by atoms with van der Waals surface area (Å²) in [6.45, 7) is -0.493. The summed E-state index contributed by atoms with van der Waals surface area (Å²) in [5.74, 6) is -0.765. The normalized spacial score (nSPS) is 10.1. The predicted molar refractivity (Wildman–Crippen MR) is 94.9 cm³/mol. The van der Waals surface area contributed by atoms with Crippen molar-refractivity contribution in [3.63, 3.8) is 0 Å². The minimum Gasteiger partial charge on any atom is -0.497 e. The van der Waals surface area contributed by atoms with Gasteiger partial charge in [-0.15, -0.1) is 0 Å². The van der Waals surface area contributed by atoms with E-state index in [0.717, 1.165) is 0 Å². The van der Waals surface area contributed by atoms with Crippen LogP contribution in [0.1, 0.15) is 33.6 Å². The van der Waals surface area contributed by atoms with Crippen LogP contribution in [0.3, 0.4) is 0 Å². The van der Waals surface area contributed by atoms with Gasteiger partial charge in [-0.1, -0.05) is 0 Å². The number of benzene rings is 2. The van der Waals surface area contributed by atoms with Gasteiger partial charge in [-0.2, -0.15) is 0 Å². The molecule has 0 aliphatic carbocycles. The number of nitro groups is 1. The lowest BCUT2D eigenvalue weighted by molar-refractivity contribution is -0.384. The lowest BCUT2D eigenvalue weighted by atomic mass is 10.1. The molecule has 0 spiro atoms. The van der Waals surface area contributed by atoms with Crippen LogP contribution in [0.2, 0.25) is 0 Å². The average Bonchev–Trinajstić information content (AvgIpc) is 2.70. The molecule has 140 valence electrons. The fraction of sp³-hybridized carbons (Fsp3) is 0.211. The van der Waals surface area contributed by atoms with E-state index in [2.05, 4.69) is 0 Å². The number of carbonyl (C=O) groups excluding carboxylic acids is 3. The molecule has 0 unspecified atom stereocenters. The number of esters is 1. The Balaban J connectivity index is 1.78. The monoisotopic (exact) mass is 371 g/mol. The van der Waals surface area contributed by atoms with Gasteiger partial charge in [0.05, 0.1) is 18.5 Å². The molecule has 8 nitrogen and oxygen atoms in total. The van der Waals surface area contributed by atoms with Gasteiger partial charge < -0.3 is 9.47 Å². The first-order chi connectivity index (χ1) is 12.9. The van der Waals surface area contributed by atoms with Crippen LogP contribution in [0.25, 0.3) is 0 Å². The van der Waals surface area contributed by atoms with Gasteiger partial charge in [0.25, 0.3) is 5.69 Å². The van der Waals surface area contributed by atoms with Gasteiger partial charge >= 0.3 is 5.97 Å². The minimum atomic E-state index is -0.674. The molecular formula is C19H17NO7. The highest BCUT2D eigenvalue weighted by molar-refractivity contribution is 5.99. The van der Waals surface area contributed by atoms with Gasteiger partial charge in [-0.25, -0.2) is 0 Å². The zero-order chi connectivity index (χ0) is 19.8. The fourth-order valence-electron chi connectivity index (χ4n) is 2.21. The van der Waals surface area contributed by atoms with E-state index in [1.807, 2.05) is 0 Å². The van der Waals surface area contributed by atoms with E-state index >= 15 is 0 Å². The van der Waals surface area contributed by atoms with Gasteiger partial charge in [-0.3, -0.25) is 24.5 Å². The molecule has 0 saturated heterocycles. The predicted octanol–water partition coefficient (Wildman–Crippen LogP) is 2.99. The Morgan fingerprint density at radius 2 is 1.44 bits per heavy atom. The van der Waals surface area contributed by atoms with Crippen molar-refractivity contribution >= 4 is 23.2 Å². The third-order valence-electron chi connectivity index (χ3n) is 3.73. The molecule has 0 heterocycles. The van der Waals surface area contributed by atoms with E-state index in [1.54, 1.807) is 24.3 Å². The SMILES string of the molecule is COc1ccc(C(=O)CCC(=O)OCC(=O)c2ccc([N+](=O)[O-])cc2)cc1. The van der Waals surface area contributed by atoms with E-state index in [4.69, 9.17) is 9.47 Å². The number of rotatable bonds is 9. The highest BCUT2D eigenvalue weighted by Gasteiger charge is 2.14. The van der Waals surface area contributed by atoms with Crippen molar-refractivity contribution in [1.82, 2.24) is 0 Å². The number of non-ortho nitro benzene ring substituents is 1. The lowest BCUT2D eigenvalue weighted by Crippen LogP contribution is -2.15. The van der Waals surface area contributed by atoms with Gasteiger partial charge in [0, 0.05) is 29.7 Å². The van der Waals surface area contributed by atoms with Crippen molar-refractivity contribution in [3.05, 3.63) is 69.8 Å². The highest BCUT2D eigenvalue weighted by Crippen LogP contribution is 2.14. The molecule has 27 heavy (non-hydrogen) atoms. The molecule has 0 amide bonds. The molecule has 2 rings (SSSR count). The Kier molecular flexibility index (Phi) is 6.76. The van der Waals surface area contributed by atoms with Crippen LogP contribution >= 0.6 is 0 Å². The first-order valence-corrected chi connectivity index (χ1v) is 8.01. The van der Waals surface area contributed by atoms with Crippen LogP contribution < -0.4 is 4.74 Å². The van der Waals surface area contributed by atoms with Crippen LogP contribution in [0.5, 0.6) is 5.75 Å². The van der Waals surface area contributed by atoms with Gasteiger partial charge in [-0.05, 0) is 36.4 Å². The maximum Gasteiger partial charge on any atom is 0.306 e. The molecule has 0 radical (unpaired) electrons. The summed E-state index contributed by atoms with van der Waals surface area (Å²) in [6, 6.07) is 11.5. The van der Waals surface area contributed by atoms with E-state index in [-0.39, 0.29) is 29.9 Å². The quantitative estimate of drug-likeness (QED) is 0.288. The number of hydrogen-bond acceptors (Lipinski definition) is 7. The molecule has 0 bridgehead atoms. The van der Waals surface area contributed by atoms with Crippen molar-refractivity contribution in [2.75, 3.05) is 13.7 Å². The number of hydrogen-bond donors (Lipinski definition) is 0. The summed E-state index contributed by atoms with van der Waals surface area (Å²) in [7, 11) is 1.52. The Morgan fingerprint density at radius 3 is 2.00 bits per heavy atom. The topological polar surface area (TPSA) is 113 Å². The maximum absolute atomic E-state index is 12.0. The van der Waals surface area contributed by atoms with Gasteiger partial charge in [0.15, 0.2) is 18.2 Å². The summed E-state index contributed by atoms with van der Waals surface area (Å²) in [5, 5.41) is 10.6. The van der Waals surface area contributed by atoms with E-state index in [1.165, 1.54) is 31.4 Å². The molecule has 0 fully saturated rings. The standard InChI is InChI=1S/C19H17NO7/c1-26-16-8-4-13(5-9-16)17(21)10-11-19(23)27-12-18(22)14-2-6-15(7-3-14)20(24)25/h2-9H,10-12H2,1H3. The molecule has 0 atom stereocenters. The highest BCUT2D eigenvalue weighted by atomic mass is 16.6. The van der Waals surface area contributed by atoms with Crippen molar-refractivity contribution in [3.8, 4) is 5.75 Å². The number of ether oxygens (including phenoxy) is 2. The van der Waals surface area contributed by atoms with Gasteiger partial charge in [0.2, 0.25) is 0 Å². The number of nitrogens with zero attached hydrogens (tertiary/aromatic N) is 1. The third-order valence-corrected chi connectivity index (χ3v) is 3.73. The summed E-state index contributed by atoms with van der Waals surface area (Å²) in [5.41, 5.74) is 0.508. The fourth-order valence-corrected chi connectivity index (χ4v) is 2.21. The van der Waals surface area contributed by atoms with Crippen LogP contribution in [0.4, 0.5) is 5.69 Å². The number of ketones is 2. The summed E-state index contributed by atoms with van der Waals surface area (Å²) in [4.78, 5) is 45.7. The second-order valence-corrected chi connectivity index (χ2v) is 5.54. The van der Waals surface area contributed by atoms with E-state index < -0.39 is 23.3 Å². The molecule has 2 aromatic carbocycles. The zero-order valence-electron chi connectivity index (χ0n) is 14.5. The summed E-state index contributed by atoms with van der Waals surface area (Å²) in [6.07, 6.45) is -0.199. The number of methoxy groups -OCH3 is 1. The Hall–Kier alpha value is -3.55. The minimum absolute atomic E-state index is 0.0448. The number of Topliss-reactive ketones (excluding diaryl/α,β-unsaturated/α-hetero) is 2. The largest absolute Gasteiger partial charge is 0.497 e. The molecule has 0 saturated carbocycles. The van der Waals surface area contributed by atoms with Crippen molar-refractivity contribution < 1.29 is 28.8 Å². The van der Waals surface area contributed by atoms with Crippen LogP contribution in [0.15, 0.2) is 48.5 Å². The Bertz CT molecular complexity index is 841. The lowest BCUT2D eigenvalue weighted by Gasteiger charge is -2.05. The first kappa shape index (κ1) is 19.8. The average molecular weight is 371 g/mol. The van der Waals surface area contributed by atoms with Crippen LogP contribution in [-0.2, 0) is 9.53 Å². The smallest absolute Gasteiger partial charge is 0.306 e. The molecule has 8 heteroatoms. The Labute approximate surface area is 154 Å². The first-order valence-electron chi connectivity index (χ1n) is 8.01. The molecule has 0 aliphatic heterocycles. The Morgan fingerprint density at radius 1 is 0.889 bits per heavy atom. The van der Waals surface area contributed by atoms with Crippen molar-refractivity contribution in [2.24, 2.45) is 0 Å². The van der Waals surface area contributed by atoms with Crippen LogP contribution in [-0.4, -0.2) is 36.2 Å². The van der Waals surface area contributed by atoms with E-state index in [9.17, 15) is 24.5 Å². The van der Waals surface area contributed by atoms with Crippen molar-refractivity contribution in [2.45, 2.75) is 12.8 Å². The molecule has 0 aromatic heterocycles. The third kappa shape index (κ3) is 5.74. The molecular weight excluding hydrogens is 354 g/mol. The van der Waals surface area contributed by atoms with Crippen LogP contribution in [0, 0.1) is 10.1 Å². The van der Waals surface area contributed by atoms with Crippen molar-refractivity contribution in [1.29, 1.82) is 0 Å². The second kappa shape index (κ2) is 9.23. The number of carbonyl (C=O) groups is 3. The molecule has 0 N–H and O–H groups in total. The second-order valence-electron chi connectivity index (χ2n) is 5.54. The molecule has 2 aromatic rings. The van der Waals surface area contributed by atoms with Gasteiger partial charge in [0.1, 0.15) is 5.75 Å². The number of nitro benzene ring substituents is 1.